The molecule has 0 aliphatic carbocycles. The average molecular weight is 293 g/mol. The van der Waals surface area contributed by atoms with Gasteiger partial charge in [-0.05, 0) is 24.4 Å². The second kappa shape index (κ2) is 5.45. The van der Waals surface area contributed by atoms with Gasteiger partial charge in [-0.15, -0.1) is 10.2 Å². The third kappa shape index (κ3) is 2.53. The fourth-order valence-corrected chi connectivity index (χ4v) is 3.11. The van der Waals surface area contributed by atoms with E-state index in [-0.39, 0.29) is 0 Å². The van der Waals surface area contributed by atoms with Crippen LogP contribution in [0.1, 0.15) is 32.4 Å². The Labute approximate surface area is 122 Å². The van der Waals surface area contributed by atoms with Crippen molar-refractivity contribution >= 4 is 17.5 Å². The molecule has 0 unspecified atom stereocenters. The summed E-state index contributed by atoms with van der Waals surface area (Å²) in [6, 6.07) is 0.460. The quantitative estimate of drug-likeness (QED) is 0.886. The molecule has 20 heavy (non-hydrogen) atoms. The maximum absolute atomic E-state index is 4.62. The van der Waals surface area contributed by atoms with Crippen LogP contribution < -0.4 is 10.2 Å². The minimum atomic E-state index is 0.330. The average Bonchev–Trinajstić information content (AvgIpc) is 3.07. The van der Waals surface area contributed by atoms with Gasteiger partial charge in [-0.1, -0.05) is 18.3 Å². The van der Waals surface area contributed by atoms with Crippen molar-refractivity contribution in [3.05, 3.63) is 5.69 Å². The molecule has 0 spiro atoms. The van der Waals surface area contributed by atoms with E-state index in [2.05, 4.69) is 55.8 Å². The number of rotatable bonds is 3. The lowest BCUT2D eigenvalue weighted by Crippen LogP contribution is -2.49. The minimum absolute atomic E-state index is 0.330. The molecule has 0 bridgehead atoms. The SMILES string of the molecule is CC(C)c1nnsc1-c1nc(N2CCN[C@H](C)C2)n[nH]1. The maximum atomic E-state index is 4.62. The summed E-state index contributed by atoms with van der Waals surface area (Å²) in [5, 5.41) is 15.0. The van der Waals surface area contributed by atoms with E-state index >= 15 is 0 Å². The summed E-state index contributed by atoms with van der Waals surface area (Å²) in [6.07, 6.45) is 0. The number of H-pyrrole nitrogens is 1. The van der Waals surface area contributed by atoms with Crippen molar-refractivity contribution in [3.63, 3.8) is 0 Å². The van der Waals surface area contributed by atoms with Crippen molar-refractivity contribution in [1.82, 2.24) is 30.1 Å². The van der Waals surface area contributed by atoms with Crippen molar-refractivity contribution in [2.45, 2.75) is 32.7 Å². The summed E-state index contributed by atoms with van der Waals surface area (Å²) >= 11 is 1.37. The molecule has 0 saturated carbocycles. The van der Waals surface area contributed by atoms with E-state index in [1.54, 1.807) is 0 Å². The van der Waals surface area contributed by atoms with Crippen molar-refractivity contribution in [2.24, 2.45) is 0 Å². The second-order valence-electron chi connectivity index (χ2n) is 5.43. The van der Waals surface area contributed by atoms with Crippen LogP contribution in [0.4, 0.5) is 5.95 Å². The summed E-state index contributed by atoms with van der Waals surface area (Å²) in [6.45, 7) is 9.20. The van der Waals surface area contributed by atoms with Crippen LogP contribution in [0.2, 0.25) is 0 Å². The highest BCUT2D eigenvalue weighted by molar-refractivity contribution is 7.09. The van der Waals surface area contributed by atoms with Gasteiger partial charge in [0.25, 0.3) is 0 Å². The Hall–Kier alpha value is -1.54. The third-order valence-corrected chi connectivity index (χ3v) is 4.15. The first-order valence-electron chi connectivity index (χ1n) is 6.88. The van der Waals surface area contributed by atoms with Crippen LogP contribution in [0, 0.1) is 0 Å². The molecule has 3 rings (SSSR count). The summed E-state index contributed by atoms with van der Waals surface area (Å²) in [4.78, 5) is 7.80. The molecule has 2 N–H and O–H groups in total. The summed E-state index contributed by atoms with van der Waals surface area (Å²) in [7, 11) is 0. The number of anilines is 1. The predicted octanol–water partition coefficient (Wildman–Crippen LogP) is 1.24. The number of nitrogens with zero attached hydrogens (tertiary/aromatic N) is 5. The predicted molar refractivity (Wildman–Crippen MR) is 79.1 cm³/mol. The summed E-state index contributed by atoms with van der Waals surface area (Å²) < 4.78 is 4.03. The molecule has 1 saturated heterocycles. The largest absolute Gasteiger partial charge is 0.337 e. The van der Waals surface area contributed by atoms with Crippen LogP contribution in [-0.2, 0) is 0 Å². The van der Waals surface area contributed by atoms with Crippen LogP contribution in [0.25, 0.3) is 10.7 Å². The zero-order valence-corrected chi connectivity index (χ0v) is 12.7. The molecule has 108 valence electrons. The van der Waals surface area contributed by atoms with E-state index in [0.717, 1.165) is 42.0 Å². The Morgan fingerprint density at radius 2 is 2.25 bits per heavy atom. The number of hydrogen-bond acceptors (Lipinski definition) is 7. The standard InChI is InChI=1S/C12H19N7S/c1-7(2)9-10(20-18-15-9)11-14-12(17-16-11)19-5-4-13-8(3)6-19/h7-8,13H,4-6H2,1-3H3,(H,14,16,17)/t8-/m1/s1. The van der Waals surface area contributed by atoms with Crippen LogP contribution in [-0.4, -0.2) is 50.4 Å². The highest BCUT2D eigenvalue weighted by atomic mass is 32.1. The Kier molecular flexibility index (Phi) is 3.66. The highest BCUT2D eigenvalue weighted by Crippen LogP contribution is 2.29. The van der Waals surface area contributed by atoms with E-state index in [1.807, 2.05) is 0 Å². The molecule has 8 heteroatoms. The molecule has 1 fully saturated rings. The smallest absolute Gasteiger partial charge is 0.245 e. The Bertz CT molecular complexity index is 576. The number of hydrogen-bond donors (Lipinski definition) is 2. The molecule has 2 aromatic heterocycles. The van der Waals surface area contributed by atoms with Gasteiger partial charge in [0, 0.05) is 25.7 Å². The first-order chi connectivity index (χ1) is 9.65. The first-order valence-corrected chi connectivity index (χ1v) is 7.66. The van der Waals surface area contributed by atoms with Gasteiger partial charge in [0.2, 0.25) is 5.95 Å². The normalized spacial score (nSPS) is 19.8. The van der Waals surface area contributed by atoms with Crippen molar-refractivity contribution in [1.29, 1.82) is 0 Å². The number of aromatic amines is 1. The van der Waals surface area contributed by atoms with Gasteiger partial charge < -0.3 is 10.2 Å². The van der Waals surface area contributed by atoms with E-state index in [9.17, 15) is 0 Å². The topological polar surface area (TPSA) is 82.6 Å². The molecule has 2 aromatic rings. The van der Waals surface area contributed by atoms with Crippen LogP contribution in [0.5, 0.6) is 0 Å². The number of piperazine rings is 1. The van der Waals surface area contributed by atoms with E-state index in [1.165, 1.54) is 11.5 Å². The molecule has 0 aromatic carbocycles. The first kappa shape index (κ1) is 13.4. The van der Waals surface area contributed by atoms with Crippen LogP contribution in [0.3, 0.4) is 0 Å². The highest BCUT2D eigenvalue weighted by Gasteiger charge is 2.22. The van der Waals surface area contributed by atoms with Gasteiger partial charge in [0.15, 0.2) is 5.82 Å². The number of aromatic nitrogens is 5. The van der Waals surface area contributed by atoms with Gasteiger partial charge in [-0.25, -0.2) is 0 Å². The van der Waals surface area contributed by atoms with Crippen LogP contribution in [0.15, 0.2) is 0 Å². The molecule has 1 aliphatic heterocycles. The van der Waals surface area contributed by atoms with Crippen LogP contribution >= 0.6 is 11.5 Å². The van der Waals surface area contributed by atoms with Crippen molar-refractivity contribution in [2.75, 3.05) is 24.5 Å². The molecule has 7 nitrogen and oxygen atoms in total. The number of nitrogens with one attached hydrogen (secondary N) is 2. The van der Waals surface area contributed by atoms with Gasteiger partial charge in [-0.3, -0.25) is 5.10 Å². The maximum Gasteiger partial charge on any atom is 0.245 e. The summed E-state index contributed by atoms with van der Waals surface area (Å²) in [5.74, 6) is 1.86. The lowest BCUT2D eigenvalue weighted by Gasteiger charge is -2.30. The Morgan fingerprint density at radius 3 is 3.00 bits per heavy atom. The van der Waals surface area contributed by atoms with Gasteiger partial charge >= 0.3 is 0 Å². The fraction of sp³-hybridized carbons (Fsp3) is 0.667. The molecule has 0 radical (unpaired) electrons. The molecule has 0 amide bonds. The lowest BCUT2D eigenvalue weighted by molar-refractivity contribution is 0.480. The third-order valence-electron chi connectivity index (χ3n) is 3.40. The zero-order chi connectivity index (χ0) is 14.1. The fourth-order valence-electron chi connectivity index (χ4n) is 2.35. The van der Waals surface area contributed by atoms with E-state index in [0.29, 0.717) is 12.0 Å². The Morgan fingerprint density at radius 1 is 1.40 bits per heavy atom. The molecule has 1 atom stereocenters. The Balaban J connectivity index is 1.84. The summed E-state index contributed by atoms with van der Waals surface area (Å²) in [5.41, 5.74) is 0.978. The van der Waals surface area contributed by atoms with E-state index < -0.39 is 0 Å². The van der Waals surface area contributed by atoms with Crippen molar-refractivity contribution in [3.8, 4) is 10.7 Å². The molecule has 1 aliphatic rings. The lowest BCUT2D eigenvalue weighted by atomic mass is 10.1. The van der Waals surface area contributed by atoms with Gasteiger partial charge in [-0.2, -0.15) is 4.98 Å². The molecular formula is C12H19N7S. The molecule has 3 heterocycles. The van der Waals surface area contributed by atoms with E-state index in [4.69, 9.17) is 0 Å². The monoisotopic (exact) mass is 293 g/mol. The van der Waals surface area contributed by atoms with Gasteiger partial charge in [0.05, 0.1) is 5.69 Å². The second-order valence-corrected chi connectivity index (χ2v) is 6.18. The van der Waals surface area contributed by atoms with Crippen molar-refractivity contribution < 1.29 is 0 Å². The molecular weight excluding hydrogens is 274 g/mol. The zero-order valence-electron chi connectivity index (χ0n) is 11.9. The minimum Gasteiger partial charge on any atom is -0.337 e. The van der Waals surface area contributed by atoms with Gasteiger partial charge in [0.1, 0.15) is 4.88 Å².